The lowest BCUT2D eigenvalue weighted by atomic mass is 10.2. The number of aldehydes is 1. The van der Waals surface area contributed by atoms with Gasteiger partial charge < -0.3 is 15.0 Å². The number of hydrogen-bond acceptors (Lipinski definition) is 5. The lowest BCUT2D eigenvalue weighted by Gasteiger charge is -2.29. The maximum Gasteiger partial charge on any atom is 0.293 e. The summed E-state index contributed by atoms with van der Waals surface area (Å²) in [6.07, 6.45) is 0.877. The molecule has 0 saturated carbocycles. The molecule has 1 fully saturated rings. The molecule has 0 spiro atoms. The van der Waals surface area contributed by atoms with E-state index in [4.69, 9.17) is 0 Å². The molecule has 1 saturated heterocycles. The van der Waals surface area contributed by atoms with E-state index in [0.717, 1.165) is 38.0 Å². The SMILES string of the molecule is CC(C)(C)OC=O.O=Cc1ccc(N2CCNCC2)cc1. The molecule has 21 heavy (non-hydrogen) atoms. The summed E-state index contributed by atoms with van der Waals surface area (Å²) >= 11 is 0. The molecule has 5 nitrogen and oxygen atoms in total. The monoisotopic (exact) mass is 292 g/mol. The van der Waals surface area contributed by atoms with Crippen molar-refractivity contribution in [3.8, 4) is 0 Å². The summed E-state index contributed by atoms with van der Waals surface area (Å²) in [6, 6.07) is 7.75. The predicted molar refractivity (Wildman–Crippen MR) is 83.8 cm³/mol. The maximum atomic E-state index is 10.5. The lowest BCUT2D eigenvalue weighted by molar-refractivity contribution is -0.138. The van der Waals surface area contributed by atoms with Crippen molar-refractivity contribution in [3.63, 3.8) is 0 Å². The molecule has 0 atom stereocenters. The number of piperazine rings is 1. The van der Waals surface area contributed by atoms with E-state index >= 15 is 0 Å². The summed E-state index contributed by atoms with van der Waals surface area (Å²) in [5.41, 5.74) is 1.63. The van der Waals surface area contributed by atoms with Crippen LogP contribution in [0.15, 0.2) is 24.3 Å². The molecule has 1 aliphatic heterocycles. The summed E-state index contributed by atoms with van der Waals surface area (Å²) in [5.74, 6) is 0. The quantitative estimate of drug-likeness (QED) is 0.862. The smallest absolute Gasteiger partial charge is 0.293 e. The highest BCUT2D eigenvalue weighted by Crippen LogP contribution is 2.14. The summed E-state index contributed by atoms with van der Waals surface area (Å²) < 4.78 is 4.55. The third-order valence-corrected chi connectivity index (χ3v) is 2.91. The van der Waals surface area contributed by atoms with Crippen molar-refractivity contribution in [3.05, 3.63) is 29.8 Å². The van der Waals surface area contributed by atoms with E-state index in [1.807, 2.05) is 45.0 Å². The Labute approximate surface area is 126 Å². The van der Waals surface area contributed by atoms with Crippen LogP contribution in [0.4, 0.5) is 5.69 Å². The van der Waals surface area contributed by atoms with Gasteiger partial charge in [-0.05, 0) is 45.0 Å². The fraction of sp³-hybridized carbons (Fsp3) is 0.500. The number of ether oxygens (including phenoxy) is 1. The Balaban J connectivity index is 0.000000270. The highest BCUT2D eigenvalue weighted by Gasteiger charge is 2.09. The summed E-state index contributed by atoms with van der Waals surface area (Å²) in [6.45, 7) is 10.1. The van der Waals surface area contributed by atoms with Gasteiger partial charge >= 0.3 is 0 Å². The van der Waals surface area contributed by atoms with E-state index in [-0.39, 0.29) is 5.60 Å². The number of rotatable bonds is 3. The van der Waals surface area contributed by atoms with Crippen molar-refractivity contribution in [2.24, 2.45) is 0 Å². The van der Waals surface area contributed by atoms with E-state index in [9.17, 15) is 9.59 Å². The van der Waals surface area contributed by atoms with Crippen LogP contribution in [0.2, 0.25) is 0 Å². The van der Waals surface area contributed by atoms with Crippen LogP contribution in [0.25, 0.3) is 0 Å². The summed E-state index contributed by atoms with van der Waals surface area (Å²) in [5, 5.41) is 3.31. The Morgan fingerprint density at radius 2 is 1.67 bits per heavy atom. The zero-order chi connectivity index (χ0) is 15.7. The third-order valence-electron chi connectivity index (χ3n) is 2.91. The zero-order valence-corrected chi connectivity index (χ0v) is 13.0. The van der Waals surface area contributed by atoms with Gasteiger partial charge in [-0.25, -0.2) is 0 Å². The van der Waals surface area contributed by atoms with Crippen molar-refractivity contribution in [2.45, 2.75) is 26.4 Å². The van der Waals surface area contributed by atoms with Gasteiger partial charge in [-0.2, -0.15) is 0 Å². The molecule has 1 aromatic carbocycles. The Hall–Kier alpha value is -1.88. The normalized spacial score (nSPS) is 14.7. The molecule has 1 heterocycles. The molecule has 0 amide bonds. The molecule has 0 aliphatic carbocycles. The van der Waals surface area contributed by atoms with E-state index in [0.29, 0.717) is 6.47 Å². The van der Waals surface area contributed by atoms with Crippen LogP contribution in [-0.2, 0) is 9.53 Å². The van der Waals surface area contributed by atoms with Gasteiger partial charge in [0.1, 0.15) is 11.9 Å². The number of nitrogens with one attached hydrogen (secondary N) is 1. The minimum absolute atomic E-state index is 0.318. The van der Waals surface area contributed by atoms with Gasteiger partial charge in [0.15, 0.2) is 0 Å². The largest absolute Gasteiger partial charge is 0.462 e. The second kappa shape index (κ2) is 8.42. The van der Waals surface area contributed by atoms with E-state index in [1.54, 1.807) is 0 Å². The molecular weight excluding hydrogens is 268 g/mol. The Morgan fingerprint density at radius 1 is 1.10 bits per heavy atom. The van der Waals surface area contributed by atoms with Crippen molar-refractivity contribution >= 4 is 18.4 Å². The van der Waals surface area contributed by atoms with Crippen LogP contribution < -0.4 is 10.2 Å². The summed E-state index contributed by atoms with van der Waals surface area (Å²) in [4.78, 5) is 22.4. The first kappa shape index (κ1) is 17.2. The first-order valence-corrected chi connectivity index (χ1v) is 7.08. The number of nitrogens with zero attached hydrogens (tertiary/aromatic N) is 1. The average Bonchev–Trinajstić information content (AvgIpc) is 2.48. The van der Waals surface area contributed by atoms with Gasteiger partial charge in [-0.3, -0.25) is 9.59 Å². The topological polar surface area (TPSA) is 58.6 Å². The molecule has 1 aliphatic rings. The predicted octanol–water partition coefficient (Wildman–Crippen LogP) is 1.87. The Kier molecular flexibility index (Phi) is 6.88. The van der Waals surface area contributed by atoms with Gasteiger partial charge in [0, 0.05) is 37.4 Å². The number of hydrogen-bond donors (Lipinski definition) is 1. The molecule has 0 aromatic heterocycles. The fourth-order valence-electron chi connectivity index (χ4n) is 1.83. The number of carbonyl (C=O) groups is 2. The van der Waals surface area contributed by atoms with Gasteiger partial charge in [0.05, 0.1) is 0 Å². The van der Waals surface area contributed by atoms with E-state index in [2.05, 4.69) is 15.0 Å². The molecule has 2 rings (SSSR count). The van der Waals surface area contributed by atoms with Crippen molar-refractivity contribution in [2.75, 3.05) is 31.1 Å². The molecule has 0 unspecified atom stereocenters. The first-order valence-electron chi connectivity index (χ1n) is 7.08. The molecule has 0 radical (unpaired) electrons. The molecular formula is C16H24N2O3. The number of carbonyl (C=O) groups excluding carboxylic acids is 2. The molecule has 116 valence electrons. The standard InChI is InChI=1S/C11H14N2O.C5H10O2/c14-9-10-1-3-11(4-2-10)13-7-5-12-6-8-13;1-5(2,3)7-4-6/h1-4,9,12H,5-8H2;4H,1-3H3. The van der Waals surface area contributed by atoms with Crippen molar-refractivity contribution < 1.29 is 14.3 Å². The summed E-state index contributed by atoms with van der Waals surface area (Å²) in [7, 11) is 0. The van der Waals surface area contributed by atoms with Crippen LogP contribution in [0, 0.1) is 0 Å². The first-order chi connectivity index (χ1) is 9.96. The van der Waals surface area contributed by atoms with Crippen LogP contribution in [0.1, 0.15) is 31.1 Å². The molecule has 1 N–H and O–H groups in total. The maximum absolute atomic E-state index is 10.5. The van der Waals surface area contributed by atoms with Gasteiger partial charge in [-0.1, -0.05) is 0 Å². The van der Waals surface area contributed by atoms with Gasteiger partial charge in [-0.15, -0.1) is 0 Å². The molecule has 1 aromatic rings. The number of benzene rings is 1. The van der Waals surface area contributed by atoms with E-state index in [1.165, 1.54) is 5.69 Å². The number of anilines is 1. The third kappa shape index (κ3) is 6.90. The highest BCUT2D eigenvalue weighted by atomic mass is 16.5. The van der Waals surface area contributed by atoms with Gasteiger partial charge in [0.2, 0.25) is 0 Å². The average molecular weight is 292 g/mol. The van der Waals surface area contributed by atoms with Crippen LogP contribution in [-0.4, -0.2) is 44.5 Å². The Bertz CT molecular complexity index is 432. The van der Waals surface area contributed by atoms with Crippen molar-refractivity contribution in [1.82, 2.24) is 5.32 Å². The van der Waals surface area contributed by atoms with Crippen molar-refractivity contribution in [1.29, 1.82) is 0 Å². The van der Waals surface area contributed by atoms with Gasteiger partial charge in [0.25, 0.3) is 6.47 Å². The molecule has 0 bridgehead atoms. The van der Waals surface area contributed by atoms with E-state index < -0.39 is 0 Å². The highest BCUT2D eigenvalue weighted by molar-refractivity contribution is 5.75. The second-order valence-corrected chi connectivity index (χ2v) is 5.77. The fourth-order valence-corrected chi connectivity index (χ4v) is 1.83. The Morgan fingerprint density at radius 3 is 2.05 bits per heavy atom. The minimum Gasteiger partial charge on any atom is -0.462 e. The van der Waals surface area contributed by atoms with Crippen LogP contribution in [0.5, 0.6) is 0 Å². The second-order valence-electron chi connectivity index (χ2n) is 5.77. The molecule has 5 heteroatoms. The lowest BCUT2D eigenvalue weighted by Crippen LogP contribution is -2.43. The minimum atomic E-state index is -0.318. The van der Waals surface area contributed by atoms with Crippen LogP contribution >= 0.6 is 0 Å². The zero-order valence-electron chi connectivity index (χ0n) is 13.0. The van der Waals surface area contributed by atoms with Crippen LogP contribution in [0.3, 0.4) is 0 Å².